The Morgan fingerprint density at radius 1 is 0.800 bits per heavy atom. The van der Waals surface area contributed by atoms with Gasteiger partial charge in [-0.3, -0.25) is 13.8 Å². The molecule has 0 saturated heterocycles. The van der Waals surface area contributed by atoms with Crippen molar-refractivity contribution in [1.29, 1.82) is 0 Å². The maximum atomic E-state index is 13.6. The lowest BCUT2D eigenvalue weighted by atomic mass is 10.2. The molecule has 4 aromatic carbocycles. The minimum atomic E-state index is -4.15. The summed E-state index contributed by atoms with van der Waals surface area (Å²) < 4.78 is 69.0. The molecular formula is C28H25ClFN3O5S2. The van der Waals surface area contributed by atoms with Crippen molar-refractivity contribution in [2.75, 3.05) is 20.9 Å². The third kappa shape index (κ3) is 6.61. The smallest absolute Gasteiger partial charge is 0.264 e. The summed E-state index contributed by atoms with van der Waals surface area (Å²) in [5, 5.41) is 2.95. The molecule has 0 aliphatic carbocycles. The largest absolute Gasteiger partial charge is 0.325 e. The molecule has 0 saturated carbocycles. The number of hydrogen-bond donors (Lipinski definition) is 2. The monoisotopic (exact) mass is 601 g/mol. The van der Waals surface area contributed by atoms with Crippen molar-refractivity contribution >= 4 is 54.6 Å². The van der Waals surface area contributed by atoms with Crippen molar-refractivity contribution in [2.45, 2.75) is 23.6 Å². The third-order valence-corrected chi connectivity index (χ3v) is 9.53. The van der Waals surface area contributed by atoms with Gasteiger partial charge in [-0.25, -0.2) is 21.2 Å². The molecular weight excluding hydrogens is 577 g/mol. The van der Waals surface area contributed by atoms with Crippen molar-refractivity contribution in [3.8, 4) is 0 Å². The standard InChI is InChI=1S/C28H25ClFN3O5S2/c1-19-6-14-25(15-7-19)40(37,38)33(27-5-3-4-26(29)20(27)2)18-28(34)31-22-12-16-24(17-13-22)39(35,36)32-23-10-8-21(30)9-11-23/h3-17,32H,18H2,1-2H3,(H,31,34). The second-order valence-corrected chi connectivity index (χ2v) is 12.8. The molecule has 4 aromatic rings. The van der Waals surface area contributed by atoms with Gasteiger partial charge in [0, 0.05) is 16.4 Å². The molecule has 0 aliphatic heterocycles. The number of hydrogen-bond acceptors (Lipinski definition) is 5. The number of benzene rings is 4. The SMILES string of the molecule is Cc1ccc(S(=O)(=O)N(CC(=O)Nc2ccc(S(=O)(=O)Nc3ccc(F)cc3)cc2)c2cccc(Cl)c2C)cc1. The molecule has 208 valence electrons. The molecule has 12 heteroatoms. The number of anilines is 3. The summed E-state index contributed by atoms with van der Waals surface area (Å²) in [5.74, 6) is -1.16. The average molecular weight is 602 g/mol. The van der Waals surface area contributed by atoms with Crippen LogP contribution in [0.4, 0.5) is 21.5 Å². The van der Waals surface area contributed by atoms with Crippen LogP contribution in [0.2, 0.25) is 5.02 Å². The van der Waals surface area contributed by atoms with E-state index in [1.807, 2.05) is 6.92 Å². The molecule has 4 rings (SSSR count). The fraction of sp³-hybridized carbons (Fsp3) is 0.107. The van der Waals surface area contributed by atoms with E-state index in [9.17, 15) is 26.0 Å². The van der Waals surface area contributed by atoms with E-state index >= 15 is 0 Å². The molecule has 0 fully saturated rings. The molecule has 0 unspecified atom stereocenters. The van der Waals surface area contributed by atoms with Gasteiger partial charge in [-0.15, -0.1) is 0 Å². The Bertz CT molecular complexity index is 1750. The predicted octanol–water partition coefficient (Wildman–Crippen LogP) is 5.73. The van der Waals surface area contributed by atoms with E-state index in [2.05, 4.69) is 10.0 Å². The number of amides is 1. The van der Waals surface area contributed by atoms with Crippen LogP contribution in [0.1, 0.15) is 11.1 Å². The fourth-order valence-corrected chi connectivity index (χ4v) is 6.49. The Kier molecular flexibility index (Phi) is 8.48. The van der Waals surface area contributed by atoms with Gasteiger partial charge in [-0.1, -0.05) is 35.4 Å². The van der Waals surface area contributed by atoms with Gasteiger partial charge in [0.2, 0.25) is 5.91 Å². The summed E-state index contributed by atoms with van der Waals surface area (Å²) >= 11 is 6.26. The zero-order chi connectivity index (χ0) is 29.1. The maximum absolute atomic E-state index is 13.6. The van der Waals surface area contributed by atoms with E-state index in [-0.39, 0.29) is 26.9 Å². The Hall–Kier alpha value is -3.93. The molecule has 8 nitrogen and oxygen atoms in total. The Morgan fingerprint density at radius 2 is 1.38 bits per heavy atom. The topological polar surface area (TPSA) is 113 Å². The van der Waals surface area contributed by atoms with Crippen LogP contribution in [-0.4, -0.2) is 29.3 Å². The highest BCUT2D eigenvalue weighted by molar-refractivity contribution is 7.93. The second kappa shape index (κ2) is 11.7. The zero-order valence-electron chi connectivity index (χ0n) is 21.4. The highest BCUT2D eigenvalue weighted by atomic mass is 35.5. The van der Waals surface area contributed by atoms with Crippen molar-refractivity contribution < 1.29 is 26.0 Å². The number of nitrogens with zero attached hydrogens (tertiary/aromatic N) is 1. The van der Waals surface area contributed by atoms with Crippen LogP contribution < -0.4 is 14.3 Å². The van der Waals surface area contributed by atoms with Crippen LogP contribution in [0, 0.1) is 19.7 Å². The van der Waals surface area contributed by atoms with Gasteiger partial charge in [0.25, 0.3) is 20.0 Å². The molecule has 0 aliphatic rings. The Morgan fingerprint density at radius 3 is 2.00 bits per heavy atom. The fourth-order valence-electron chi connectivity index (χ4n) is 3.78. The van der Waals surface area contributed by atoms with Crippen molar-refractivity contribution in [3.63, 3.8) is 0 Å². The summed E-state index contributed by atoms with van der Waals surface area (Å²) in [5.41, 5.74) is 2.04. The van der Waals surface area contributed by atoms with Crippen LogP contribution in [-0.2, 0) is 24.8 Å². The van der Waals surface area contributed by atoms with Crippen molar-refractivity contribution in [3.05, 3.63) is 113 Å². The van der Waals surface area contributed by atoms with Gasteiger partial charge in [-0.05, 0) is 92.2 Å². The van der Waals surface area contributed by atoms with Gasteiger partial charge >= 0.3 is 0 Å². The molecule has 0 heterocycles. The van der Waals surface area contributed by atoms with E-state index in [1.54, 1.807) is 37.3 Å². The normalized spacial score (nSPS) is 11.6. The highest BCUT2D eigenvalue weighted by Crippen LogP contribution is 2.31. The molecule has 0 aromatic heterocycles. The number of carbonyl (C=O) groups is 1. The first-order valence-corrected chi connectivity index (χ1v) is 15.2. The lowest BCUT2D eigenvalue weighted by Gasteiger charge is -2.26. The van der Waals surface area contributed by atoms with E-state index in [4.69, 9.17) is 11.6 Å². The third-order valence-electron chi connectivity index (χ3n) is 5.95. The van der Waals surface area contributed by atoms with Gasteiger partial charge in [0.15, 0.2) is 0 Å². The van der Waals surface area contributed by atoms with E-state index in [0.29, 0.717) is 10.6 Å². The number of aryl methyl sites for hydroxylation is 1. The summed E-state index contributed by atoms with van der Waals surface area (Å²) in [6, 6.07) is 21.2. The lowest BCUT2D eigenvalue weighted by Crippen LogP contribution is -2.38. The molecule has 1 amide bonds. The Balaban J connectivity index is 1.56. The minimum absolute atomic E-state index is 0.00786. The first-order chi connectivity index (χ1) is 18.9. The van der Waals surface area contributed by atoms with Gasteiger partial charge < -0.3 is 5.32 Å². The maximum Gasteiger partial charge on any atom is 0.264 e. The van der Waals surface area contributed by atoms with E-state index in [0.717, 1.165) is 22.0 Å². The molecule has 0 bridgehead atoms. The van der Waals surface area contributed by atoms with Crippen LogP contribution in [0.5, 0.6) is 0 Å². The molecule has 2 N–H and O–H groups in total. The zero-order valence-corrected chi connectivity index (χ0v) is 23.8. The van der Waals surface area contributed by atoms with Crippen LogP contribution >= 0.6 is 11.6 Å². The summed E-state index contributed by atoms with van der Waals surface area (Å²) in [7, 11) is -8.13. The summed E-state index contributed by atoms with van der Waals surface area (Å²) in [6.45, 7) is 2.92. The lowest BCUT2D eigenvalue weighted by molar-refractivity contribution is -0.114. The van der Waals surface area contributed by atoms with Crippen molar-refractivity contribution in [2.24, 2.45) is 0 Å². The molecule has 40 heavy (non-hydrogen) atoms. The molecule has 0 atom stereocenters. The van der Waals surface area contributed by atoms with Crippen LogP contribution in [0.3, 0.4) is 0 Å². The summed E-state index contributed by atoms with van der Waals surface area (Å²) in [6.07, 6.45) is 0. The van der Waals surface area contributed by atoms with Gasteiger partial charge in [-0.2, -0.15) is 0 Å². The number of sulfonamides is 2. The Labute approximate surface area is 237 Å². The molecule has 0 radical (unpaired) electrons. The number of nitrogens with one attached hydrogen (secondary N) is 2. The number of halogens is 2. The van der Waals surface area contributed by atoms with Gasteiger partial charge in [0.1, 0.15) is 12.4 Å². The second-order valence-electron chi connectivity index (χ2n) is 8.89. The first-order valence-electron chi connectivity index (χ1n) is 11.9. The quantitative estimate of drug-likeness (QED) is 0.254. The first kappa shape index (κ1) is 29.1. The van der Waals surface area contributed by atoms with E-state index in [1.165, 1.54) is 48.5 Å². The average Bonchev–Trinajstić information content (AvgIpc) is 2.91. The number of rotatable bonds is 9. The minimum Gasteiger partial charge on any atom is -0.325 e. The summed E-state index contributed by atoms with van der Waals surface area (Å²) in [4.78, 5) is 13.0. The van der Waals surface area contributed by atoms with E-state index < -0.39 is 38.3 Å². The predicted molar refractivity (Wildman–Crippen MR) is 154 cm³/mol. The van der Waals surface area contributed by atoms with Gasteiger partial charge in [0.05, 0.1) is 15.5 Å². The van der Waals surface area contributed by atoms with Crippen LogP contribution in [0.15, 0.2) is 101 Å². The number of carbonyl (C=O) groups excluding carboxylic acids is 1. The van der Waals surface area contributed by atoms with Crippen LogP contribution in [0.25, 0.3) is 0 Å². The van der Waals surface area contributed by atoms with Crippen molar-refractivity contribution in [1.82, 2.24) is 0 Å². The highest BCUT2D eigenvalue weighted by Gasteiger charge is 2.29. The molecule has 0 spiro atoms.